The van der Waals surface area contributed by atoms with Crippen molar-refractivity contribution >= 4 is 21.8 Å². The predicted octanol–water partition coefficient (Wildman–Crippen LogP) is 6.77. The molecule has 32 heavy (non-hydrogen) atoms. The minimum atomic E-state index is 0.842. The molecule has 0 N–H and O–H groups in total. The highest BCUT2D eigenvalue weighted by molar-refractivity contribution is 6.08. The largest absolute Gasteiger partial charge is 0.336 e. The minimum Gasteiger partial charge on any atom is -0.336 e. The number of benzene rings is 4. The Bertz CT molecular complexity index is 1590. The Morgan fingerprint density at radius 1 is 0.844 bits per heavy atom. The van der Waals surface area contributed by atoms with Gasteiger partial charge in [0.05, 0.1) is 0 Å². The summed E-state index contributed by atoms with van der Waals surface area (Å²) in [4.78, 5) is 0. The van der Waals surface area contributed by atoms with Crippen molar-refractivity contribution in [2.24, 2.45) is 0 Å². The Labute approximate surface area is 188 Å². The van der Waals surface area contributed by atoms with Crippen molar-refractivity contribution in [3.63, 3.8) is 0 Å². The average molecular weight is 408 g/mol. The zero-order valence-electron chi connectivity index (χ0n) is 17.9. The smallest absolute Gasteiger partial charge is 0.0494 e. The summed E-state index contributed by atoms with van der Waals surface area (Å²) in [5, 5.41) is 2.61. The quantitative estimate of drug-likeness (QED) is 0.279. The summed E-state index contributed by atoms with van der Waals surface area (Å²) in [5.74, 6) is 9.12. The van der Waals surface area contributed by atoms with Crippen LogP contribution in [0.5, 0.6) is 0 Å². The van der Waals surface area contributed by atoms with E-state index < -0.39 is 0 Å². The molecule has 1 aromatic heterocycles. The fourth-order valence-corrected chi connectivity index (χ4v) is 5.17. The van der Waals surface area contributed by atoms with Crippen LogP contribution >= 0.6 is 0 Å². The molecule has 0 fully saturated rings. The highest BCUT2D eigenvalue weighted by atomic mass is 15.0. The van der Waals surface area contributed by atoms with Gasteiger partial charge in [0.1, 0.15) is 0 Å². The Morgan fingerprint density at radius 2 is 1.56 bits per heavy atom. The summed E-state index contributed by atoms with van der Waals surface area (Å²) in [6.45, 7) is 2.71. The molecule has 0 saturated carbocycles. The third kappa shape index (κ3) is 2.69. The molecule has 0 bridgehead atoms. The van der Waals surface area contributed by atoms with E-state index in [1.807, 2.05) is 13.0 Å². The Morgan fingerprint density at radius 3 is 2.25 bits per heavy atom. The van der Waals surface area contributed by atoms with Gasteiger partial charge in [0, 0.05) is 45.0 Å². The number of para-hydroxylation sites is 2. The molecule has 0 aliphatic heterocycles. The fourth-order valence-electron chi connectivity index (χ4n) is 5.17. The molecular formula is C31H21N. The number of fused-ring (bicyclic) bond motifs is 6. The molecule has 1 aliphatic rings. The highest BCUT2D eigenvalue weighted by Gasteiger charge is 2.23. The summed E-state index contributed by atoms with van der Waals surface area (Å²) in [7, 11) is 0. The van der Waals surface area contributed by atoms with Crippen molar-refractivity contribution in [3.05, 3.63) is 107 Å². The maximum atomic E-state index is 5.77. The van der Waals surface area contributed by atoms with Gasteiger partial charge in [-0.3, -0.25) is 0 Å². The lowest BCUT2D eigenvalue weighted by Gasteiger charge is -2.11. The third-order valence-corrected chi connectivity index (χ3v) is 6.54. The number of rotatable bonds is 2. The van der Waals surface area contributed by atoms with Crippen LogP contribution in [0.4, 0.5) is 0 Å². The van der Waals surface area contributed by atoms with Gasteiger partial charge in [-0.15, -0.1) is 12.3 Å². The van der Waals surface area contributed by atoms with Crippen LogP contribution in [0.1, 0.15) is 34.7 Å². The van der Waals surface area contributed by atoms with Crippen LogP contribution in [0.2, 0.25) is 0 Å². The molecule has 0 saturated heterocycles. The lowest BCUT2D eigenvalue weighted by Crippen LogP contribution is -2.00. The van der Waals surface area contributed by atoms with Crippen LogP contribution in [-0.2, 0) is 13.0 Å². The molecule has 1 heteroatoms. The predicted molar refractivity (Wildman–Crippen MR) is 134 cm³/mol. The van der Waals surface area contributed by atoms with Crippen molar-refractivity contribution in [1.29, 1.82) is 0 Å². The lowest BCUT2D eigenvalue weighted by molar-refractivity contribution is 0.867. The van der Waals surface area contributed by atoms with Crippen LogP contribution in [0.25, 0.3) is 32.9 Å². The monoisotopic (exact) mass is 407 g/mol. The van der Waals surface area contributed by atoms with Gasteiger partial charge < -0.3 is 4.57 Å². The first-order chi connectivity index (χ1) is 15.8. The van der Waals surface area contributed by atoms with Crippen molar-refractivity contribution < 1.29 is 0 Å². The number of nitrogens with zero attached hydrogens (tertiary/aromatic N) is 1. The fraction of sp³-hybridized carbons (Fsp3) is 0.0968. The van der Waals surface area contributed by atoms with E-state index >= 15 is 0 Å². The molecule has 1 nitrogen and oxygen atoms in total. The van der Waals surface area contributed by atoms with Crippen LogP contribution in [-0.4, -0.2) is 4.57 Å². The summed E-state index contributed by atoms with van der Waals surface area (Å²) in [6.07, 6.45) is 6.69. The molecule has 0 amide bonds. The van der Waals surface area contributed by atoms with Crippen LogP contribution in [0, 0.1) is 24.2 Å². The average Bonchev–Trinajstić information content (AvgIpc) is 3.35. The second-order valence-corrected chi connectivity index (χ2v) is 8.33. The maximum absolute atomic E-state index is 5.77. The van der Waals surface area contributed by atoms with Gasteiger partial charge in [-0.25, -0.2) is 0 Å². The lowest BCUT2D eigenvalue weighted by atomic mass is 9.95. The first-order valence-corrected chi connectivity index (χ1v) is 10.9. The van der Waals surface area contributed by atoms with E-state index in [1.54, 1.807) is 0 Å². The Balaban J connectivity index is 1.47. The van der Waals surface area contributed by atoms with E-state index in [-0.39, 0.29) is 0 Å². The molecule has 150 valence electrons. The third-order valence-electron chi connectivity index (χ3n) is 6.54. The molecule has 0 atom stereocenters. The molecular weight excluding hydrogens is 386 g/mol. The first-order valence-electron chi connectivity index (χ1n) is 10.9. The summed E-state index contributed by atoms with van der Waals surface area (Å²) >= 11 is 0. The normalized spacial score (nSPS) is 11.6. The molecule has 1 aliphatic carbocycles. The Hall–Kier alpha value is -4.20. The molecule has 0 unspecified atom stereocenters. The standard InChI is InChI=1S/C31H21N/c1-3-9-25-22(4-2)15-16-23-19-24-18-21(14-17-26(24)31(23)25)20-32-29-12-7-5-10-27(29)28-11-6-8-13-30(28)32/h2,5-8,10-18H,19-20H2,1H3. The SMILES string of the molecule is C#Cc1ccc2c(c1C#CC)-c1ccc(Cn3c4ccccc4c4ccccc43)cc1C2. The summed E-state index contributed by atoms with van der Waals surface area (Å²) in [6, 6.07) is 28.4. The number of terminal acetylenes is 1. The molecule has 6 rings (SSSR count). The molecule has 0 radical (unpaired) electrons. The highest BCUT2D eigenvalue weighted by Crippen LogP contribution is 2.40. The van der Waals surface area contributed by atoms with E-state index in [1.165, 1.54) is 49.6 Å². The van der Waals surface area contributed by atoms with Crippen molar-refractivity contribution in [1.82, 2.24) is 4.57 Å². The van der Waals surface area contributed by atoms with E-state index in [4.69, 9.17) is 6.42 Å². The van der Waals surface area contributed by atoms with Gasteiger partial charge in [0.25, 0.3) is 0 Å². The van der Waals surface area contributed by atoms with E-state index in [0.717, 1.165) is 24.1 Å². The molecule has 1 heterocycles. The molecule has 0 spiro atoms. The Kier molecular flexibility index (Phi) is 4.17. The van der Waals surface area contributed by atoms with E-state index in [2.05, 4.69) is 95.1 Å². The van der Waals surface area contributed by atoms with Gasteiger partial charge in [0.15, 0.2) is 0 Å². The first kappa shape index (κ1) is 18.6. The second-order valence-electron chi connectivity index (χ2n) is 8.33. The second kappa shape index (κ2) is 7.19. The summed E-state index contributed by atoms with van der Waals surface area (Å²) in [5.41, 5.74) is 10.9. The van der Waals surface area contributed by atoms with Gasteiger partial charge in [-0.05, 0) is 53.8 Å². The van der Waals surface area contributed by atoms with Crippen LogP contribution in [0.3, 0.4) is 0 Å². The van der Waals surface area contributed by atoms with Crippen LogP contribution in [0.15, 0.2) is 78.9 Å². The van der Waals surface area contributed by atoms with Gasteiger partial charge in [-0.2, -0.15) is 0 Å². The topological polar surface area (TPSA) is 4.93 Å². The van der Waals surface area contributed by atoms with Gasteiger partial charge in [-0.1, -0.05) is 72.5 Å². The molecule has 4 aromatic carbocycles. The number of hydrogen-bond acceptors (Lipinski definition) is 0. The number of aromatic nitrogens is 1. The molecule has 5 aromatic rings. The zero-order valence-corrected chi connectivity index (χ0v) is 17.9. The van der Waals surface area contributed by atoms with Crippen molar-refractivity contribution in [2.45, 2.75) is 19.9 Å². The van der Waals surface area contributed by atoms with Crippen LogP contribution < -0.4 is 0 Å². The van der Waals surface area contributed by atoms with Crippen molar-refractivity contribution in [3.8, 4) is 35.3 Å². The zero-order chi connectivity index (χ0) is 21.7. The van der Waals surface area contributed by atoms with Gasteiger partial charge in [0.2, 0.25) is 0 Å². The van der Waals surface area contributed by atoms with Crippen molar-refractivity contribution in [2.75, 3.05) is 0 Å². The maximum Gasteiger partial charge on any atom is 0.0494 e. The number of hydrogen-bond donors (Lipinski definition) is 0. The van der Waals surface area contributed by atoms with E-state index in [9.17, 15) is 0 Å². The van der Waals surface area contributed by atoms with Gasteiger partial charge >= 0.3 is 0 Å². The van der Waals surface area contributed by atoms with E-state index in [0.29, 0.717) is 0 Å². The minimum absolute atomic E-state index is 0.842. The summed E-state index contributed by atoms with van der Waals surface area (Å²) < 4.78 is 2.43.